The fourth-order valence-corrected chi connectivity index (χ4v) is 3.48. The van der Waals surface area contributed by atoms with Crippen molar-refractivity contribution in [2.24, 2.45) is 0 Å². The minimum atomic E-state index is -4.13. The third kappa shape index (κ3) is 1.27. The maximum Gasteiger partial charge on any atom is 0.406 e. The summed E-state index contributed by atoms with van der Waals surface area (Å²) in [6.45, 7) is 0. The molecule has 2 aliphatic heterocycles. The Morgan fingerprint density at radius 3 is 2.00 bits per heavy atom. The van der Waals surface area contributed by atoms with Gasteiger partial charge >= 0.3 is 6.18 Å². The summed E-state index contributed by atoms with van der Waals surface area (Å²) in [5.41, 5.74) is -1.57. The Morgan fingerprint density at radius 1 is 1.12 bits per heavy atom. The molecule has 2 bridgehead atoms. The molecule has 16 heavy (non-hydrogen) atoms. The monoisotopic (exact) mass is 233 g/mol. The number of halogens is 3. The fraction of sp³-hybridized carbons (Fsp3) is 0.909. The van der Waals surface area contributed by atoms with Crippen molar-refractivity contribution in [1.29, 1.82) is 0 Å². The Bertz CT molecular complexity index is 319. The van der Waals surface area contributed by atoms with E-state index >= 15 is 0 Å². The van der Waals surface area contributed by atoms with Gasteiger partial charge in [0.05, 0.1) is 0 Å². The first kappa shape index (κ1) is 10.6. The molecule has 3 aliphatic rings. The first-order chi connectivity index (χ1) is 7.44. The van der Waals surface area contributed by atoms with Crippen molar-refractivity contribution < 1.29 is 18.0 Å². The lowest BCUT2D eigenvalue weighted by Crippen LogP contribution is -2.56. The topological polar surface area (TPSA) is 20.3 Å². The lowest BCUT2D eigenvalue weighted by molar-refractivity contribution is -0.207. The molecular formula is C11H14F3NO. The summed E-state index contributed by atoms with van der Waals surface area (Å²) in [5.74, 6) is 0.140. The summed E-state index contributed by atoms with van der Waals surface area (Å²) in [6.07, 6.45) is -1.52. The molecule has 0 amide bonds. The largest absolute Gasteiger partial charge is 0.406 e. The Morgan fingerprint density at radius 2 is 1.62 bits per heavy atom. The third-order valence-electron chi connectivity index (χ3n) is 4.29. The molecule has 5 heteroatoms. The van der Waals surface area contributed by atoms with Gasteiger partial charge in [-0.3, -0.25) is 9.69 Å². The van der Waals surface area contributed by atoms with Crippen molar-refractivity contribution in [3.05, 3.63) is 0 Å². The minimum Gasteiger partial charge on any atom is -0.300 e. The summed E-state index contributed by atoms with van der Waals surface area (Å²) >= 11 is 0. The highest BCUT2D eigenvalue weighted by atomic mass is 19.4. The van der Waals surface area contributed by atoms with E-state index in [1.54, 1.807) is 4.90 Å². The second-order valence-electron chi connectivity index (χ2n) is 5.27. The van der Waals surface area contributed by atoms with Crippen LogP contribution in [0.4, 0.5) is 13.2 Å². The number of rotatable bonds is 1. The zero-order valence-electron chi connectivity index (χ0n) is 8.89. The van der Waals surface area contributed by atoms with Crippen molar-refractivity contribution in [1.82, 2.24) is 4.90 Å². The van der Waals surface area contributed by atoms with Crippen molar-refractivity contribution in [2.45, 2.75) is 62.3 Å². The van der Waals surface area contributed by atoms with Crippen LogP contribution in [0.25, 0.3) is 0 Å². The van der Waals surface area contributed by atoms with E-state index in [0.717, 1.165) is 12.8 Å². The van der Waals surface area contributed by atoms with Gasteiger partial charge in [-0.15, -0.1) is 0 Å². The SMILES string of the molecule is O=C1CC2CCC(C1)N2C1(C(F)(F)F)CC1. The number of nitrogens with zero attached hydrogens (tertiary/aromatic N) is 1. The van der Waals surface area contributed by atoms with Crippen LogP contribution in [0.5, 0.6) is 0 Å². The number of fused-ring (bicyclic) bond motifs is 2. The molecular weight excluding hydrogens is 219 g/mol. The quantitative estimate of drug-likeness (QED) is 0.692. The van der Waals surface area contributed by atoms with E-state index < -0.39 is 11.7 Å². The van der Waals surface area contributed by atoms with Crippen LogP contribution in [0, 0.1) is 0 Å². The van der Waals surface area contributed by atoms with Gasteiger partial charge in [0.2, 0.25) is 0 Å². The van der Waals surface area contributed by atoms with E-state index in [4.69, 9.17) is 0 Å². The first-order valence-electron chi connectivity index (χ1n) is 5.81. The average molecular weight is 233 g/mol. The normalized spacial score (nSPS) is 37.8. The maximum atomic E-state index is 13.0. The van der Waals surface area contributed by atoms with Crippen LogP contribution in [0.3, 0.4) is 0 Å². The second kappa shape index (κ2) is 3.00. The summed E-state index contributed by atoms with van der Waals surface area (Å²) < 4.78 is 39.1. The van der Waals surface area contributed by atoms with Gasteiger partial charge in [0.25, 0.3) is 0 Å². The lowest BCUT2D eigenvalue weighted by atomic mass is 9.97. The van der Waals surface area contributed by atoms with E-state index in [0.29, 0.717) is 12.8 Å². The molecule has 0 spiro atoms. The standard InChI is InChI=1S/C11H14F3NO/c12-11(13,14)10(3-4-10)15-7-1-2-8(15)6-9(16)5-7/h7-8H,1-6H2. The molecule has 2 nitrogen and oxygen atoms in total. The molecule has 2 heterocycles. The molecule has 3 rings (SSSR count). The predicted octanol–water partition coefficient (Wildman–Crippen LogP) is 2.28. The van der Waals surface area contributed by atoms with E-state index in [9.17, 15) is 18.0 Å². The lowest BCUT2D eigenvalue weighted by Gasteiger charge is -2.41. The fourth-order valence-electron chi connectivity index (χ4n) is 3.48. The van der Waals surface area contributed by atoms with Crippen LogP contribution in [-0.2, 0) is 4.79 Å². The van der Waals surface area contributed by atoms with Gasteiger partial charge in [-0.25, -0.2) is 0 Å². The van der Waals surface area contributed by atoms with Gasteiger partial charge in [0.1, 0.15) is 11.3 Å². The van der Waals surface area contributed by atoms with Gasteiger partial charge < -0.3 is 0 Å². The molecule has 90 valence electrons. The van der Waals surface area contributed by atoms with Gasteiger partial charge in [-0.2, -0.15) is 13.2 Å². The predicted molar refractivity (Wildman–Crippen MR) is 50.9 cm³/mol. The zero-order valence-corrected chi connectivity index (χ0v) is 8.89. The Balaban J connectivity index is 1.89. The number of piperidine rings is 1. The molecule has 0 aromatic carbocycles. The van der Waals surface area contributed by atoms with Crippen LogP contribution in [0.15, 0.2) is 0 Å². The van der Waals surface area contributed by atoms with Crippen LogP contribution in [0.1, 0.15) is 38.5 Å². The highest BCUT2D eigenvalue weighted by Gasteiger charge is 2.70. The third-order valence-corrected chi connectivity index (χ3v) is 4.29. The molecule has 1 aliphatic carbocycles. The van der Waals surface area contributed by atoms with Crippen molar-refractivity contribution in [2.75, 3.05) is 0 Å². The highest BCUT2D eigenvalue weighted by molar-refractivity contribution is 5.81. The summed E-state index contributed by atoms with van der Waals surface area (Å²) in [5, 5.41) is 0. The summed E-state index contributed by atoms with van der Waals surface area (Å²) in [4.78, 5) is 13.0. The Hall–Kier alpha value is -0.580. The second-order valence-corrected chi connectivity index (χ2v) is 5.27. The average Bonchev–Trinajstić information content (AvgIpc) is 2.90. The van der Waals surface area contributed by atoms with Crippen LogP contribution in [-0.4, -0.2) is 34.5 Å². The number of hydrogen-bond acceptors (Lipinski definition) is 2. The number of ketones is 1. The molecule has 0 radical (unpaired) electrons. The van der Waals surface area contributed by atoms with E-state index in [-0.39, 0.29) is 30.7 Å². The molecule has 0 aromatic heterocycles. The smallest absolute Gasteiger partial charge is 0.300 e. The zero-order chi connectivity index (χ0) is 11.6. The first-order valence-corrected chi connectivity index (χ1v) is 5.81. The number of hydrogen-bond donors (Lipinski definition) is 0. The summed E-state index contributed by atoms with van der Waals surface area (Å²) in [7, 11) is 0. The molecule has 2 unspecified atom stereocenters. The maximum absolute atomic E-state index is 13.0. The Kier molecular flexibility index (Phi) is 1.98. The molecule has 3 fully saturated rings. The highest BCUT2D eigenvalue weighted by Crippen LogP contribution is 2.58. The molecule has 2 atom stereocenters. The van der Waals surface area contributed by atoms with Gasteiger partial charge in [-0.1, -0.05) is 0 Å². The van der Waals surface area contributed by atoms with Crippen molar-refractivity contribution in [3.63, 3.8) is 0 Å². The number of carbonyl (C=O) groups is 1. The summed E-state index contributed by atoms with van der Waals surface area (Å²) in [6, 6.07) is -0.286. The van der Waals surface area contributed by atoms with Gasteiger partial charge in [-0.05, 0) is 25.7 Å². The van der Waals surface area contributed by atoms with Crippen molar-refractivity contribution >= 4 is 5.78 Å². The van der Waals surface area contributed by atoms with Gasteiger partial charge in [0, 0.05) is 24.9 Å². The number of alkyl halides is 3. The van der Waals surface area contributed by atoms with E-state index in [1.165, 1.54) is 0 Å². The molecule has 0 aromatic rings. The van der Waals surface area contributed by atoms with Gasteiger partial charge in [0.15, 0.2) is 0 Å². The molecule has 1 saturated carbocycles. The van der Waals surface area contributed by atoms with Crippen molar-refractivity contribution in [3.8, 4) is 0 Å². The van der Waals surface area contributed by atoms with Crippen LogP contribution >= 0.6 is 0 Å². The number of carbonyl (C=O) groups excluding carboxylic acids is 1. The Labute approximate surface area is 91.8 Å². The van der Waals surface area contributed by atoms with Crippen LogP contribution in [0.2, 0.25) is 0 Å². The molecule has 2 saturated heterocycles. The van der Waals surface area contributed by atoms with E-state index in [1.807, 2.05) is 0 Å². The number of Topliss-reactive ketones (excluding diaryl/α,β-unsaturated/α-hetero) is 1. The van der Waals surface area contributed by atoms with Crippen LogP contribution < -0.4 is 0 Å². The van der Waals surface area contributed by atoms with E-state index in [2.05, 4.69) is 0 Å². The molecule has 0 N–H and O–H groups in total. The minimum absolute atomic E-state index is 0.140.